The lowest BCUT2D eigenvalue weighted by Gasteiger charge is -2.25. The molecule has 0 aliphatic carbocycles. The molecule has 3 rings (SSSR count). The summed E-state index contributed by atoms with van der Waals surface area (Å²) in [6.45, 7) is 3.19. The summed E-state index contributed by atoms with van der Waals surface area (Å²) in [6, 6.07) is 5.77. The van der Waals surface area contributed by atoms with Crippen LogP contribution in [0.15, 0.2) is 24.4 Å². The minimum absolute atomic E-state index is 0.00624. The summed E-state index contributed by atoms with van der Waals surface area (Å²) in [5.41, 5.74) is 8.07. The van der Waals surface area contributed by atoms with Crippen LogP contribution in [0.25, 0.3) is 11.3 Å². The van der Waals surface area contributed by atoms with Crippen LogP contribution in [-0.4, -0.2) is 23.8 Å². The van der Waals surface area contributed by atoms with Gasteiger partial charge in [0.25, 0.3) is 0 Å². The molecule has 2 unspecified atom stereocenters. The van der Waals surface area contributed by atoms with E-state index in [0.29, 0.717) is 5.92 Å². The molecule has 2 aromatic rings. The summed E-state index contributed by atoms with van der Waals surface area (Å²) < 4.78 is 12.9. The zero-order valence-corrected chi connectivity index (χ0v) is 12.7. The molecular formula is C16H21N3O2. The van der Waals surface area contributed by atoms with Crippen molar-refractivity contribution in [3.05, 3.63) is 30.2 Å². The fourth-order valence-corrected chi connectivity index (χ4v) is 2.96. The van der Waals surface area contributed by atoms with E-state index in [9.17, 15) is 0 Å². The van der Waals surface area contributed by atoms with Crippen molar-refractivity contribution in [3.8, 4) is 22.8 Å². The van der Waals surface area contributed by atoms with Crippen LogP contribution in [0.3, 0.4) is 0 Å². The normalized spacial score (nSPS) is 21.0. The van der Waals surface area contributed by atoms with E-state index in [1.165, 1.54) is 0 Å². The molecule has 5 nitrogen and oxygen atoms in total. The van der Waals surface area contributed by atoms with E-state index in [1.54, 1.807) is 14.2 Å². The highest BCUT2D eigenvalue weighted by Crippen LogP contribution is 2.35. The Hall–Kier alpha value is -2.01. The maximum Gasteiger partial charge on any atom is 0.132 e. The molecule has 5 heteroatoms. The molecule has 21 heavy (non-hydrogen) atoms. The number of nitrogens with two attached hydrogens (primary N) is 1. The molecule has 2 heterocycles. The van der Waals surface area contributed by atoms with Gasteiger partial charge in [0.15, 0.2) is 0 Å². The molecule has 1 aromatic heterocycles. The molecule has 112 valence electrons. The highest BCUT2D eigenvalue weighted by atomic mass is 16.5. The van der Waals surface area contributed by atoms with Crippen molar-refractivity contribution >= 4 is 0 Å². The predicted octanol–water partition coefficient (Wildman–Crippen LogP) is 2.61. The van der Waals surface area contributed by atoms with E-state index < -0.39 is 0 Å². The van der Waals surface area contributed by atoms with Crippen molar-refractivity contribution in [3.63, 3.8) is 0 Å². The van der Waals surface area contributed by atoms with Crippen LogP contribution >= 0.6 is 0 Å². The fourth-order valence-electron chi connectivity index (χ4n) is 2.96. The Morgan fingerprint density at radius 1 is 1.29 bits per heavy atom. The van der Waals surface area contributed by atoms with Gasteiger partial charge in [-0.1, -0.05) is 6.92 Å². The first-order valence-electron chi connectivity index (χ1n) is 7.17. The minimum atomic E-state index is 0.00624. The molecule has 0 bridgehead atoms. The van der Waals surface area contributed by atoms with Gasteiger partial charge in [-0.05, 0) is 24.5 Å². The lowest BCUT2D eigenvalue weighted by molar-refractivity contribution is 0.346. The summed E-state index contributed by atoms with van der Waals surface area (Å²) in [5.74, 6) is 3.06. The second kappa shape index (κ2) is 5.41. The SMILES string of the molecule is COc1ccc(-c2cn3c(n2)C(N)CC(C)C3)c(OC)c1. The van der Waals surface area contributed by atoms with Gasteiger partial charge in [0.2, 0.25) is 0 Å². The van der Waals surface area contributed by atoms with E-state index in [1.807, 2.05) is 18.2 Å². The fraction of sp³-hybridized carbons (Fsp3) is 0.438. The predicted molar refractivity (Wildman–Crippen MR) is 81.5 cm³/mol. The average Bonchev–Trinajstić information content (AvgIpc) is 2.90. The second-order valence-corrected chi connectivity index (χ2v) is 5.65. The smallest absolute Gasteiger partial charge is 0.132 e. The zero-order chi connectivity index (χ0) is 15.0. The highest BCUT2D eigenvalue weighted by Gasteiger charge is 2.25. The molecule has 0 spiro atoms. The minimum Gasteiger partial charge on any atom is -0.497 e. The van der Waals surface area contributed by atoms with Crippen LogP contribution in [0, 0.1) is 5.92 Å². The Balaban J connectivity index is 2.04. The molecule has 0 radical (unpaired) electrons. The number of hydrogen-bond donors (Lipinski definition) is 1. The van der Waals surface area contributed by atoms with E-state index in [4.69, 9.17) is 20.2 Å². The number of fused-ring (bicyclic) bond motifs is 1. The van der Waals surface area contributed by atoms with Crippen LogP contribution in [0.1, 0.15) is 25.2 Å². The number of rotatable bonds is 3. The van der Waals surface area contributed by atoms with Gasteiger partial charge in [0.05, 0.1) is 26.0 Å². The van der Waals surface area contributed by atoms with Crippen molar-refractivity contribution < 1.29 is 9.47 Å². The Kier molecular flexibility index (Phi) is 3.59. The van der Waals surface area contributed by atoms with Crippen molar-refractivity contribution in [2.75, 3.05) is 14.2 Å². The summed E-state index contributed by atoms with van der Waals surface area (Å²) in [5, 5.41) is 0. The Morgan fingerprint density at radius 3 is 2.81 bits per heavy atom. The van der Waals surface area contributed by atoms with Gasteiger partial charge in [0.1, 0.15) is 17.3 Å². The molecule has 1 aliphatic rings. The van der Waals surface area contributed by atoms with Crippen LogP contribution in [0.2, 0.25) is 0 Å². The molecule has 2 atom stereocenters. The molecule has 0 fully saturated rings. The topological polar surface area (TPSA) is 62.3 Å². The number of nitrogens with zero attached hydrogens (tertiary/aromatic N) is 2. The van der Waals surface area contributed by atoms with Gasteiger partial charge in [-0.15, -0.1) is 0 Å². The number of aromatic nitrogens is 2. The standard InChI is InChI=1S/C16H21N3O2/c1-10-6-13(17)16-18-14(9-19(16)8-10)12-5-4-11(20-2)7-15(12)21-3/h4-5,7,9-10,13H,6,8,17H2,1-3H3. The molecule has 1 aromatic carbocycles. The van der Waals surface area contributed by atoms with Crippen LogP contribution in [-0.2, 0) is 6.54 Å². The maximum absolute atomic E-state index is 6.21. The van der Waals surface area contributed by atoms with Gasteiger partial charge in [-0.2, -0.15) is 0 Å². The first-order chi connectivity index (χ1) is 10.1. The van der Waals surface area contributed by atoms with Crippen LogP contribution < -0.4 is 15.2 Å². The van der Waals surface area contributed by atoms with Gasteiger partial charge in [-0.3, -0.25) is 0 Å². The van der Waals surface area contributed by atoms with Gasteiger partial charge >= 0.3 is 0 Å². The third-order valence-electron chi connectivity index (χ3n) is 3.99. The van der Waals surface area contributed by atoms with E-state index >= 15 is 0 Å². The largest absolute Gasteiger partial charge is 0.497 e. The Morgan fingerprint density at radius 2 is 2.10 bits per heavy atom. The maximum atomic E-state index is 6.21. The first kappa shape index (κ1) is 13.9. The van der Waals surface area contributed by atoms with Crippen LogP contribution in [0.5, 0.6) is 11.5 Å². The summed E-state index contributed by atoms with van der Waals surface area (Å²) in [4.78, 5) is 4.72. The number of methoxy groups -OCH3 is 2. The second-order valence-electron chi connectivity index (χ2n) is 5.65. The zero-order valence-electron chi connectivity index (χ0n) is 12.7. The van der Waals surface area contributed by atoms with Gasteiger partial charge < -0.3 is 19.8 Å². The summed E-state index contributed by atoms with van der Waals surface area (Å²) in [7, 11) is 3.30. The third kappa shape index (κ3) is 2.49. The Labute approximate surface area is 124 Å². The third-order valence-corrected chi connectivity index (χ3v) is 3.99. The van der Waals surface area contributed by atoms with Crippen molar-refractivity contribution in [2.24, 2.45) is 11.7 Å². The van der Waals surface area contributed by atoms with Crippen molar-refractivity contribution in [2.45, 2.75) is 25.9 Å². The molecule has 0 amide bonds. The van der Waals surface area contributed by atoms with Crippen LogP contribution in [0.4, 0.5) is 0 Å². The van der Waals surface area contributed by atoms with Crippen molar-refractivity contribution in [1.29, 1.82) is 0 Å². The number of hydrogen-bond acceptors (Lipinski definition) is 4. The van der Waals surface area contributed by atoms with Crippen molar-refractivity contribution in [1.82, 2.24) is 9.55 Å². The van der Waals surface area contributed by atoms with E-state index in [-0.39, 0.29) is 6.04 Å². The molecule has 0 saturated heterocycles. The monoisotopic (exact) mass is 287 g/mol. The average molecular weight is 287 g/mol. The number of ether oxygens (including phenoxy) is 2. The summed E-state index contributed by atoms with van der Waals surface area (Å²) in [6.07, 6.45) is 3.05. The summed E-state index contributed by atoms with van der Waals surface area (Å²) >= 11 is 0. The molecule has 0 saturated carbocycles. The molecule has 2 N–H and O–H groups in total. The highest BCUT2D eigenvalue weighted by molar-refractivity contribution is 5.68. The lowest BCUT2D eigenvalue weighted by atomic mass is 9.98. The number of benzene rings is 1. The lowest BCUT2D eigenvalue weighted by Crippen LogP contribution is -2.26. The van der Waals surface area contributed by atoms with E-state index in [2.05, 4.69) is 17.7 Å². The van der Waals surface area contributed by atoms with Gasteiger partial charge in [-0.25, -0.2) is 4.98 Å². The Bertz CT molecular complexity index is 651. The first-order valence-corrected chi connectivity index (χ1v) is 7.17. The number of imidazole rings is 1. The van der Waals surface area contributed by atoms with Gasteiger partial charge in [0, 0.05) is 24.4 Å². The molecular weight excluding hydrogens is 266 g/mol. The van der Waals surface area contributed by atoms with E-state index in [0.717, 1.165) is 41.5 Å². The molecule has 1 aliphatic heterocycles. The quantitative estimate of drug-likeness (QED) is 0.942.